The molecule has 6 heteroatoms. The van der Waals surface area contributed by atoms with Gasteiger partial charge in [-0.2, -0.15) is 5.26 Å². The van der Waals surface area contributed by atoms with E-state index in [-0.39, 0.29) is 17.3 Å². The molecular weight excluding hydrogens is 394 g/mol. The molecule has 1 amide bonds. The molecule has 0 aliphatic carbocycles. The van der Waals surface area contributed by atoms with Crippen LogP contribution in [0.3, 0.4) is 0 Å². The smallest absolute Gasteiger partial charge is 0.230 e. The zero-order chi connectivity index (χ0) is 21.8. The van der Waals surface area contributed by atoms with Crippen molar-refractivity contribution in [3.63, 3.8) is 0 Å². The van der Waals surface area contributed by atoms with E-state index in [1.54, 1.807) is 17.5 Å². The van der Waals surface area contributed by atoms with Crippen molar-refractivity contribution in [2.45, 2.75) is 27.7 Å². The van der Waals surface area contributed by atoms with Crippen LogP contribution in [0.2, 0.25) is 0 Å². The number of hydrogen-bond acceptors (Lipinski definition) is 5. The van der Waals surface area contributed by atoms with Gasteiger partial charge in [0, 0.05) is 17.9 Å². The lowest BCUT2D eigenvalue weighted by atomic mass is 9.99. The number of carbonyl (C=O) groups is 2. The largest absolute Gasteiger partial charge is 0.288 e. The maximum atomic E-state index is 12.8. The first kappa shape index (κ1) is 21.2. The second kappa shape index (κ2) is 8.85. The van der Waals surface area contributed by atoms with Gasteiger partial charge in [-0.25, -0.2) is 4.98 Å². The number of carbonyl (C=O) groups excluding carboxylic acids is 2. The van der Waals surface area contributed by atoms with Gasteiger partial charge >= 0.3 is 0 Å². The molecule has 3 rings (SSSR count). The number of allylic oxidation sites excluding steroid dienone is 1. The maximum absolute atomic E-state index is 12.8. The third-order valence-corrected chi connectivity index (χ3v) is 5.66. The Hall–Kier alpha value is -3.56. The lowest BCUT2D eigenvalue weighted by Crippen LogP contribution is -2.22. The summed E-state index contributed by atoms with van der Waals surface area (Å²) < 4.78 is 0. The number of nitriles is 1. The van der Waals surface area contributed by atoms with Crippen molar-refractivity contribution < 1.29 is 9.59 Å². The van der Waals surface area contributed by atoms with Crippen molar-refractivity contribution in [1.29, 1.82) is 5.26 Å². The fourth-order valence-corrected chi connectivity index (χ4v) is 3.85. The normalized spacial score (nSPS) is 11.1. The molecule has 0 unspecified atom stereocenters. The van der Waals surface area contributed by atoms with Gasteiger partial charge in [0.1, 0.15) is 11.6 Å². The van der Waals surface area contributed by atoms with Crippen molar-refractivity contribution in [2.24, 2.45) is 0 Å². The number of amides is 1. The highest BCUT2D eigenvalue weighted by atomic mass is 32.1. The van der Waals surface area contributed by atoms with Gasteiger partial charge in [-0.05, 0) is 55.7 Å². The lowest BCUT2D eigenvalue weighted by Gasteiger charge is -2.19. The van der Waals surface area contributed by atoms with Gasteiger partial charge in [-0.1, -0.05) is 30.3 Å². The molecule has 2 aromatic carbocycles. The third kappa shape index (κ3) is 4.37. The second-order valence-corrected chi connectivity index (χ2v) is 7.83. The van der Waals surface area contributed by atoms with Crippen LogP contribution in [-0.2, 0) is 4.79 Å². The molecule has 150 valence electrons. The number of aryl methyl sites for hydroxylation is 3. The van der Waals surface area contributed by atoms with E-state index >= 15 is 0 Å². The van der Waals surface area contributed by atoms with Gasteiger partial charge in [-0.15, -0.1) is 11.3 Å². The summed E-state index contributed by atoms with van der Waals surface area (Å²) in [4.78, 5) is 31.1. The highest BCUT2D eigenvalue weighted by molar-refractivity contribution is 7.14. The Bertz CT molecular complexity index is 1200. The summed E-state index contributed by atoms with van der Waals surface area (Å²) in [6.07, 6.45) is 1.47. The average molecular weight is 416 g/mol. The second-order valence-electron chi connectivity index (χ2n) is 6.99. The molecule has 0 saturated carbocycles. The Morgan fingerprint density at radius 2 is 1.80 bits per heavy atom. The number of benzene rings is 2. The Balaban J connectivity index is 1.96. The van der Waals surface area contributed by atoms with Crippen LogP contribution in [0.1, 0.15) is 39.7 Å². The zero-order valence-electron chi connectivity index (χ0n) is 17.3. The summed E-state index contributed by atoms with van der Waals surface area (Å²) in [5.74, 6) is -0.512. The molecule has 0 bridgehead atoms. The summed E-state index contributed by atoms with van der Waals surface area (Å²) in [6.45, 7) is 7.31. The number of ketones is 1. The summed E-state index contributed by atoms with van der Waals surface area (Å²) in [5.41, 5.74) is 4.70. The van der Waals surface area contributed by atoms with Gasteiger partial charge in [-0.3, -0.25) is 14.5 Å². The molecule has 0 saturated heterocycles. The minimum atomic E-state index is -0.345. The quantitative estimate of drug-likeness (QED) is 0.311. The van der Waals surface area contributed by atoms with Crippen LogP contribution in [0, 0.1) is 32.1 Å². The predicted octanol–water partition coefficient (Wildman–Crippen LogP) is 5.54. The van der Waals surface area contributed by atoms with Gasteiger partial charge in [0.2, 0.25) is 11.7 Å². The van der Waals surface area contributed by atoms with E-state index < -0.39 is 0 Å². The maximum Gasteiger partial charge on any atom is 0.230 e. The minimum absolute atomic E-state index is 0.00158. The fourth-order valence-electron chi connectivity index (χ4n) is 3.01. The van der Waals surface area contributed by atoms with Crippen LogP contribution in [-0.4, -0.2) is 16.7 Å². The summed E-state index contributed by atoms with van der Waals surface area (Å²) >= 11 is 1.28. The van der Waals surface area contributed by atoms with Crippen LogP contribution in [0.25, 0.3) is 6.08 Å². The molecule has 1 heterocycles. The molecule has 0 fully saturated rings. The van der Waals surface area contributed by atoms with Crippen LogP contribution in [0.4, 0.5) is 10.8 Å². The fraction of sp³-hybridized carbons (Fsp3) is 0.167. The predicted molar refractivity (Wildman–Crippen MR) is 120 cm³/mol. The standard InChI is InChI=1S/C24H21N3O2S/c1-15-9-10-21(11-17(15)3)27(18(4)28)24-26-20(14-30-24)12-19(13-25)23(29)22-8-6-5-7-16(22)2/h5-12,14H,1-4H3/b19-12+. The first-order valence-corrected chi connectivity index (χ1v) is 10.3. The molecule has 5 nitrogen and oxygen atoms in total. The molecule has 0 radical (unpaired) electrons. The summed E-state index contributed by atoms with van der Waals surface area (Å²) in [6, 6.07) is 14.9. The number of Topliss-reactive ketones (excluding diaryl/α,β-unsaturated/α-hetero) is 1. The van der Waals surface area contributed by atoms with E-state index in [9.17, 15) is 14.9 Å². The Morgan fingerprint density at radius 3 is 2.43 bits per heavy atom. The minimum Gasteiger partial charge on any atom is -0.288 e. The third-order valence-electron chi connectivity index (χ3n) is 4.81. The number of aromatic nitrogens is 1. The molecule has 0 aliphatic rings. The van der Waals surface area contributed by atoms with Crippen molar-refractivity contribution in [3.05, 3.63) is 81.4 Å². The molecule has 1 aromatic heterocycles. The Kier molecular flexibility index (Phi) is 6.24. The Labute approximate surface area is 179 Å². The van der Waals surface area contributed by atoms with E-state index in [1.165, 1.54) is 29.2 Å². The molecule has 0 N–H and O–H groups in total. The van der Waals surface area contributed by atoms with E-state index in [1.807, 2.05) is 57.2 Å². The molecule has 0 aliphatic heterocycles. The average Bonchev–Trinajstić information content (AvgIpc) is 3.16. The summed E-state index contributed by atoms with van der Waals surface area (Å²) in [5, 5.41) is 11.7. The highest BCUT2D eigenvalue weighted by Gasteiger charge is 2.19. The van der Waals surface area contributed by atoms with E-state index in [2.05, 4.69) is 4.98 Å². The van der Waals surface area contributed by atoms with Gasteiger partial charge in [0.15, 0.2) is 5.13 Å². The van der Waals surface area contributed by atoms with Crippen molar-refractivity contribution in [3.8, 4) is 6.07 Å². The summed E-state index contributed by atoms with van der Waals surface area (Å²) in [7, 11) is 0. The van der Waals surface area contributed by atoms with E-state index in [0.29, 0.717) is 16.4 Å². The van der Waals surface area contributed by atoms with Crippen molar-refractivity contribution in [2.75, 3.05) is 4.90 Å². The first-order chi connectivity index (χ1) is 14.3. The highest BCUT2D eigenvalue weighted by Crippen LogP contribution is 2.31. The number of rotatable bonds is 5. The number of thiazole rings is 1. The molecule has 30 heavy (non-hydrogen) atoms. The van der Waals surface area contributed by atoms with Crippen molar-refractivity contribution in [1.82, 2.24) is 4.98 Å². The first-order valence-electron chi connectivity index (χ1n) is 9.37. The van der Waals surface area contributed by atoms with Gasteiger partial charge < -0.3 is 0 Å². The molecule has 0 atom stereocenters. The number of hydrogen-bond donors (Lipinski definition) is 0. The van der Waals surface area contributed by atoms with E-state index in [0.717, 1.165) is 22.4 Å². The zero-order valence-corrected chi connectivity index (χ0v) is 18.1. The van der Waals surface area contributed by atoms with E-state index in [4.69, 9.17) is 0 Å². The molecule has 3 aromatic rings. The SMILES string of the molecule is CC(=O)N(c1ccc(C)c(C)c1)c1nc(/C=C(\C#N)C(=O)c2ccccc2C)cs1. The lowest BCUT2D eigenvalue weighted by molar-refractivity contribution is -0.115. The topological polar surface area (TPSA) is 74.1 Å². The van der Waals surface area contributed by atoms with Crippen LogP contribution in [0.15, 0.2) is 53.4 Å². The molecular formula is C24H21N3O2S. The van der Waals surface area contributed by atoms with Crippen LogP contribution >= 0.6 is 11.3 Å². The number of anilines is 2. The molecule has 0 spiro atoms. The van der Waals surface area contributed by atoms with Gasteiger partial charge in [0.25, 0.3) is 0 Å². The monoisotopic (exact) mass is 415 g/mol. The Morgan fingerprint density at radius 1 is 1.07 bits per heavy atom. The van der Waals surface area contributed by atoms with Gasteiger partial charge in [0.05, 0.1) is 11.4 Å². The van der Waals surface area contributed by atoms with Crippen LogP contribution < -0.4 is 4.90 Å². The van der Waals surface area contributed by atoms with Crippen molar-refractivity contribution >= 4 is 39.9 Å². The number of nitrogens with zero attached hydrogens (tertiary/aromatic N) is 3. The van der Waals surface area contributed by atoms with Crippen LogP contribution in [0.5, 0.6) is 0 Å².